The smallest absolute Gasteiger partial charge is 0.255 e. The van der Waals surface area contributed by atoms with Gasteiger partial charge in [-0.2, -0.15) is 0 Å². The summed E-state index contributed by atoms with van der Waals surface area (Å²) in [7, 11) is 0. The minimum atomic E-state index is -3.45. The Morgan fingerprint density at radius 1 is 1.21 bits per heavy atom. The first kappa shape index (κ1) is 10.5. The number of nitrogens with zero attached hydrogens (tertiary/aromatic N) is 2. The maximum absolute atomic E-state index is 15.5. The van der Waals surface area contributed by atoms with Crippen molar-refractivity contribution >= 4 is 17.7 Å². The second-order valence-electron chi connectivity index (χ2n) is 7.09. The lowest BCUT2D eigenvalue weighted by Crippen LogP contribution is -2.52. The SMILES string of the molecule is [2H]C([2H])(Oc1cccc2c1C([2H])([2H])N([C@H]1C(=O)NC(=O)C([2H])([2H])C1([2H])[2H])C2=O)c1ccc(CN2C([2H])([2H])C([2H])([2H])OC([2H])([2H])C2([2H])[2H])cc1F. The van der Waals surface area contributed by atoms with E-state index in [4.69, 9.17) is 26.7 Å². The molecule has 3 amide bonds. The molecule has 0 bridgehead atoms. The maximum Gasteiger partial charge on any atom is 0.255 e. The molecule has 2 aromatic rings. The van der Waals surface area contributed by atoms with Crippen LogP contribution in [0.5, 0.6) is 5.75 Å². The van der Waals surface area contributed by atoms with Crippen molar-refractivity contribution in [2.24, 2.45) is 0 Å². The summed E-state index contributed by atoms with van der Waals surface area (Å²) in [6.07, 6.45) is -6.86. The van der Waals surface area contributed by atoms with Crippen molar-refractivity contribution in [3.8, 4) is 5.75 Å². The molecule has 1 atom stereocenters. The zero-order chi connectivity index (χ0) is 38.0. The number of rotatable bonds is 6. The molecule has 1 N–H and O–H groups in total. The van der Waals surface area contributed by atoms with Crippen LogP contribution in [0.25, 0.3) is 0 Å². The largest absolute Gasteiger partial charge is 0.488 e. The average molecular weight is 484 g/mol. The summed E-state index contributed by atoms with van der Waals surface area (Å²) < 4.78 is 156. The Hall–Kier alpha value is -3.30. The van der Waals surface area contributed by atoms with Gasteiger partial charge in [-0.3, -0.25) is 24.6 Å². The van der Waals surface area contributed by atoms with Gasteiger partial charge in [-0.1, -0.05) is 18.2 Å². The van der Waals surface area contributed by atoms with E-state index in [0.717, 1.165) is 30.3 Å². The average Bonchev–Trinajstić information content (AvgIpc) is 3.14. The van der Waals surface area contributed by atoms with Crippen molar-refractivity contribution in [2.45, 2.75) is 38.4 Å². The second kappa shape index (κ2) is 9.52. The summed E-state index contributed by atoms with van der Waals surface area (Å²) in [5.74, 6) is -6.60. The standard InChI is InChI=1S/C25H26FN3O5/c26-20-12-16(13-28-8-10-33-11-9-28)4-5-17(20)15-34-22-3-1-2-18-19(22)14-29(25(18)32)21-6-7-23(30)27-24(21)31/h1-5,12,21H,6-11,13-15H2,(H,27,30,31)/t21-/m1/s1/i6D2,7D2,8D2,9D2,10D2,11D2,14D2,15D2. The van der Waals surface area contributed by atoms with E-state index >= 15 is 4.39 Å². The number of hydrogen-bond donors (Lipinski definition) is 1. The van der Waals surface area contributed by atoms with E-state index in [1.54, 1.807) is 5.32 Å². The molecule has 2 saturated heterocycles. The number of fused-ring (bicyclic) bond motifs is 1. The highest BCUT2D eigenvalue weighted by atomic mass is 19.1. The summed E-state index contributed by atoms with van der Waals surface area (Å²) in [5.41, 5.74) is -2.39. The molecule has 0 unspecified atom stereocenters. The van der Waals surface area contributed by atoms with Crippen molar-refractivity contribution in [2.75, 3.05) is 26.1 Å². The van der Waals surface area contributed by atoms with Crippen LogP contribution in [0.15, 0.2) is 36.4 Å². The first-order valence-electron chi connectivity index (χ1n) is 17.7. The number of carbonyl (C=O) groups excluding carboxylic acids is 3. The molecule has 0 aliphatic carbocycles. The first-order valence-corrected chi connectivity index (χ1v) is 9.75. The number of halogens is 1. The number of morpholine rings is 1. The van der Waals surface area contributed by atoms with E-state index in [0.29, 0.717) is 6.07 Å². The third-order valence-electron chi connectivity index (χ3n) is 4.88. The zero-order valence-corrected chi connectivity index (χ0v) is 17.1. The number of benzene rings is 2. The van der Waals surface area contributed by atoms with Crippen LogP contribution in [-0.4, -0.2) is 59.7 Å². The van der Waals surface area contributed by atoms with Crippen LogP contribution in [0, 0.1) is 5.82 Å². The van der Waals surface area contributed by atoms with Gasteiger partial charge in [-0.25, -0.2) is 4.39 Å². The van der Waals surface area contributed by atoms with Gasteiger partial charge in [0.2, 0.25) is 11.8 Å². The van der Waals surface area contributed by atoms with Crippen LogP contribution in [-0.2, 0) is 33.9 Å². The Balaban J connectivity index is 1.48. The van der Waals surface area contributed by atoms with Gasteiger partial charge < -0.3 is 14.4 Å². The fourth-order valence-corrected chi connectivity index (χ4v) is 3.31. The Kier molecular flexibility index (Phi) is 2.95. The summed E-state index contributed by atoms with van der Waals surface area (Å²) in [4.78, 5) is 38.5. The fraction of sp³-hybridized carbons (Fsp3) is 0.400. The number of carbonyl (C=O) groups is 3. The number of amides is 3. The van der Waals surface area contributed by atoms with Crippen molar-refractivity contribution in [1.82, 2.24) is 15.1 Å². The van der Waals surface area contributed by atoms with Crippen LogP contribution < -0.4 is 10.1 Å². The number of nitrogens with one attached hydrogen (secondary N) is 1. The van der Waals surface area contributed by atoms with Crippen LogP contribution in [0.4, 0.5) is 4.39 Å². The van der Waals surface area contributed by atoms with Gasteiger partial charge >= 0.3 is 0 Å². The number of imide groups is 1. The van der Waals surface area contributed by atoms with Gasteiger partial charge in [-0.15, -0.1) is 0 Å². The highest BCUT2D eigenvalue weighted by Crippen LogP contribution is 2.34. The van der Waals surface area contributed by atoms with E-state index in [-0.39, 0.29) is 15.4 Å². The van der Waals surface area contributed by atoms with Gasteiger partial charge in [-0.05, 0) is 30.1 Å². The van der Waals surface area contributed by atoms with E-state index in [9.17, 15) is 14.4 Å². The van der Waals surface area contributed by atoms with E-state index in [1.807, 2.05) is 0 Å². The van der Waals surface area contributed by atoms with Crippen molar-refractivity contribution in [3.05, 3.63) is 64.5 Å². The van der Waals surface area contributed by atoms with Crippen molar-refractivity contribution in [1.29, 1.82) is 0 Å². The molecular weight excluding hydrogens is 441 g/mol. The van der Waals surface area contributed by atoms with Crippen molar-refractivity contribution < 1.29 is 50.2 Å². The third-order valence-corrected chi connectivity index (χ3v) is 4.88. The molecule has 9 heteroatoms. The van der Waals surface area contributed by atoms with Crippen LogP contribution >= 0.6 is 0 Å². The van der Waals surface area contributed by atoms with E-state index in [1.165, 1.54) is 0 Å². The number of hydrogen-bond acceptors (Lipinski definition) is 6. The Morgan fingerprint density at radius 2 is 2.03 bits per heavy atom. The van der Waals surface area contributed by atoms with E-state index in [2.05, 4.69) is 4.74 Å². The molecule has 5 rings (SSSR count). The van der Waals surface area contributed by atoms with Gasteiger partial charge in [0.15, 0.2) is 0 Å². The van der Waals surface area contributed by atoms with Gasteiger partial charge in [0.05, 0.1) is 30.6 Å². The van der Waals surface area contributed by atoms with Crippen LogP contribution in [0.3, 0.4) is 0 Å². The van der Waals surface area contributed by atoms with Crippen LogP contribution in [0.2, 0.25) is 0 Å². The lowest BCUT2D eigenvalue weighted by molar-refractivity contribution is -0.136. The molecule has 34 heavy (non-hydrogen) atoms. The topological polar surface area (TPSA) is 88.2 Å². The molecule has 3 aliphatic rings. The summed E-state index contributed by atoms with van der Waals surface area (Å²) in [6.45, 7) is -20.6. The minimum absolute atomic E-state index is 0.0722. The summed E-state index contributed by atoms with van der Waals surface area (Å²) in [6, 6.07) is 3.02. The second-order valence-corrected chi connectivity index (χ2v) is 7.09. The molecule has 0 saturated carbocycles. The Bertz CT molecular complexity index is 1780. The Labute approximate surface area is 219 Å². The number of piperidine rings is 1. The van der Waals surface area contributed by atoms with Gasteiger partial charge in [0.25, 0.3) is 5.91 Å². The lowest BCUT2D eigenvalue weighted by Gasteiger charge is -2.29. The molecule has 178 valence electrons. The lowest BCUT2D eigenvalue weighted by atomic mass is 10.0. The predicted octanol–water partition coefficient (Wildman–Crippen LogP) is 2.00. The summed E-state index contributed by atoms with van der Waals surface area (Å²) >= 11 is 0. The molecule has 3 heterocycles. The highest BCUT2D eigenvalue weighted by molar-refractivity contribution is 6.05. The fourth-order valence-electron chi connectivity index (χ4n) is 3.31. The number of ether oxygens (including phenoxy) is 2. The van der Waals surface area contributed by atoms with Crippen molar-refractivity contribution in [3.63, 3.8) is 0 Å². The quantitative estimate of drug-likeness (QED) is 0.633. The summed E-state index contributed by atoms with van der Waals surface area (Å²) in [5, 5.41) is 1.59. The molecule has 0 spiro atoms. The molecule has 8 nitrogen and oxygen atoms in total. The molecule has 0 aromatic heterocycles. The van der Waals surface area contributed by atoms with Gasteiger partial charge in [0, 0.05) is 53.6 Å². The molecule has 2 fully saturated rings. The Morgan fingerprint density at radius 3 is 2.82 bits per heavy atom. The van der Waals surface area contributed by atoms with Gasteiger partial charge in [0.1, 0.15) is 24.2 Å². The predicted molar refractivity (Wildman–Crippen MR) is 119 cm³/mol. The first-order chi connectivity index (χ1) is 22.5. The van der Waals surface area contributed by atoms with E-state index < -0.39 is 110 Å². The molecule has 3 aliphatic heterocycles. The molecule has 0 radical (unpaired) electrons. The third kappa shape index (κ3) is 4.53. The maximum atomic E-state index is 15.5. The van der Waals surface area contributed by atoms with Crippen LogP contribution in [0.1, 0.15) is 61.7 Å². The molecule has 2 aromatic carbocycles. The monoisotopic (exact) mass is 483 g/mol. The molecular formula is C25H26FN3O5. The minimum Gasteiger partial charge on any atom is -0.488 e. The normalized spacial score (nSPS) is 38.7. The zero-order valence-electron chi connectivity index (χ0n) is 33.1. The highest BCUT2D eigenvalue weighted by Gasteiger charge is 2.40.